The number of anilines is 1. The summed E-state index contributed by atoms with van der Waals surface area (Å²) >= 11 is 11.3. The maximum Gasteiger partial charge on any atom is 0.0516 e. The molecule has 0 heterocycles. The Morgan fingerprint density at radius 1 is 1.40 bits per heavy atom. The van der Waals surface area contributed by atoms with Gasteiger partial charge in [-0.1, -0.05) is 54.7 Å². The second-order valence-electron chi connectivity index (χ2n) is 3.32. The van der Waals surface area contributed by atoms with Crippen LogP contribution in [0.1, 0.15) is 18.9 Å². The molecule has 0 bridgehead atoms. The highest BCUT2D eigenvalue weighted by Crippen LogP contribution is 2.17. The standard InChI is InChI=1S/C12H15Cl2N/c1-2-5-10-6-3-4-7-12(10)15-9-11(14)8-13/h3-4,6-8,15H,2,5,9H2,1H3. The lowest BCUT2D eigenvalue weighted by Gasteiger charge is -2.10. The van der Waals surface area contributed by atoms with Crippen molar-refractivity contribution < 1.29 is 0 Å². The molecule has 1 N–H and O–H groups in total. The van der Waals surface area contributed by atoms with E-state index < -0.39 is 0 Å². The Morgan fingerprint density at radius 3 is 2.80 bits per heavy atom. The highest BCUT2D eigenvalue weighted by molar-refractivity contribution is 6.36. The van der Waals surface area contributed by atoms with E-state index in [-0.39, 0.29) is 0 Å². The normalized spacial score (nSPS) is 11.5. The van der Waals surface area contributed by atoms with Gasteiger partial charge in [-0.05, 0) is 18.1 Å². The highest BCUT2D eigenvalue weighted by Gasteiger charge is 2.00. The lowest BCUT2D eigenvalue weighted by Crippen LogP contribution is -2.03. The van der Waals surface area contributed by atoms with Gasteiger partial charge >= 0.3 is 0 Å². The molecule has 0 atom stereocenters. The summed E-state index contributed by atoms with van der Waals surface area (Å²) in [6.07, 6.45) is 2.21. The van der Waals surface area contributed by atoms with Crippen molar-refractivity contribution in [3.8, 4) is 0 Å². The van der Waals surface area contributed by atoms with Gasteiger partial charge in [0.15, 0.2) is 0 Å². The SMILES string of the molecule is CCCc1ccccc1NCC(Cl)=CCl. The molecule has 0 radical (unpaired) electrons. The van der Waals surface area contributed by atoms with E-state index in [1.54, 1.807) is 0 Å². The van der Waals surface area contributed by atoms with E-state index in [9.17, 15) is 0 Å². The summed E-state index contributed by atoms with van der Waals surface area (Å²) in [7, 11) is 0. The molecule has 1 aromatic carbocycles. The molecule has 3 heteroatoms. The summed E-state index contributed by atoms with van der Waals surface area (Å²) in [5.41, 5.74) is 3.84. The summed E-state index contributed by atoms with van der Waals surface area (Å²) < 4.78 is 0. The van der Waals surface area contributed by atoms with Crippen molar-refractivity contribution >= 4 is 28.9 Å². The van der Waals surface area contributed by atoms with Crippen LogP contribution in [-0.2, 0) is 6.42 Å². The lowest BCUT2D eigenvalue weighted by molar-refractivity contribution is 0.922. The largest absolute Gasteiger partial charge is 0.380 e. The van der Waals surface area contributed by atoms with Crippen molar-refractivity contribution in [3.63, 3.8) is 0 Å². The molecule has 1 aromatic rings. The van der Waals surface area contributed by atoms with E-state index in [4.69, 9.17) is 23.2 Å². The van der Waals surface area contributed by atoms with Crippen LogP contribution >= 0.6 is 23.2 Å². The van der Waals surface area contributed by atoms with Crippen LogP contribution in [0.5, 0.6) is 0 Å². The Hall–Kier alpha value is -0.660. The number of hydrogen-bond acceptors (Lipinski definition) is 1. The predicted molar refractivity (Wildman–Crippen MR) is 68.7 cm³/mol. The van der Waals surface area contributed by atoms with Crippen LogP contribution in [-0.4, -0.2) is 6.54 Å². The first-order chi connectivity index (χ1) is 7.27. The minimum Gasteiger partial charge on any atom is -0.380 e. The molecule has 0 unspecified atom stereocenters. The number of halogens is 2. The molecule has 0 aliphatic rings. The first kappa shape index (κ1) is 12.4. The molecule has 0 aromatic heterocycles. The van der Waals surface area contributed by atoms with Gasteiger partial charge in [-0.15, -0.1) is 0 Å². The van der Waals surface area contributed by atoms with Crippen molar-refractivity contribution in [2.24, 2.45) is 0 Å². The Bertz CT molecular complexity index is 334. The minimum atomic E-state index is 0.575. The van der Waals surface area contributed by atoms with Gasteiger partial charge in [0, 0.05) is 16.3 Å². The molecule has 0 saturated heterocycles. The first-order valence-electron chi connectivity index (χ1n) is 5.04. The van der Waals surface area contributed by atoms with Gasteiger partial charge in [0.25, 0.3) is 0 Å². The van der Waals surface area contributed by atoms with Crippen LogP contribution in [0.3, 0.4) is 0 Å². The summed E-state index contributed by atoms with van der Waals surface area (Å²) in [6, 6.07) is 8.25. The Morgan fingerprint density at radius 2 is 2.13 bits per heavy atom. The Balaban J connectivity index is 2.66. The summed E-state index contributed by atoms with van der Waals surface area (Å²) in [5, 5.41) is 3.88. The van der Waals surface area contributed by atoms with Gasteiger partial charge in [0.2, 0.25) is 0 Å². The van der Waals surface area contributed by atoms with Crippen LogP contribution in [0.2, 0.25) is 0 Å². The molecule has 0 fully saturated rings. The maximum absolute atomic E-state index is 5.81. The summed E-state index contributed by atoms with van der Waals surface area (Å²) in [6.45, 7) is 2.74. The zero-order valence-corrected chi connectivity index (χ0v) is 10.3. The van der Waals surface area contributed by atoms with Gasteiger partial charge in [-0.25, -0.2) is 0 Å². The van der Waals surface area contributed by atoms with Crippen molar-refractivity contribution in [3.05, 3.63) is 40.4 Å². The van der Waals surface area contributed by atoms with Crippen molar-refractivity contribution in [2.45, 2.75) is 19.8 Å². The van der Waals surface area contributed by atoms with E-state index >= 15 is 0 Å². The smallest absolute Gasteiger partial charge is 0.0516 e. The average Bonchev–Trinajstić information content (AvgIpc) is 2.28. The van der Waals surface area contributed by atoms with Gasteiger partial charge in [-0.3, -0.25) is 0 Å². The van der Waals surface area contributed by atoms with Gasteiger partial charge in [-0.2, -0.15) is 0 Å². The lowest BCUT2D eigenvalue weighted by atomic mass is 10.1. The average molecular weight is 244 g/mol. The summed E-state index contributed by atoms with van der Waals surface area (Å²) in [4.78, 5) is 0. The third-order valence-corrected chi connectivity index (χ3v) is 2.72. The predicted octanol–water partition coefficient (Wildman–Crippen LogP) is 4.37. The number of para-hydroxylation sites is 1. The molecular weight excluding hydrogens is 229 g/mol. The van der Waals surface area contributed by atoms with Crippen molar-refractivity contribution in [2.75, 3.05) is 11.9 Å². The van der Waals surface area contributed by atoms with E-state index in [2.05, 4.69) is 30.4 Å². The van der Waals surface area contributed by atoms with Crippen molar-refractivity contribution in [1.29, 1.82) is 0 Å². The van der Waals surface area contributed by atoms with Gasteiger partial charge in [0.05, 0.1) is 6.54 Å². The number of rotatable bonds is 5. The highest BCUT2D eigenvalue weighted by atomic mass is 35.5. The maximum atomic E-state index is 5.81. The third-order valence-electron chi connectivity index (χ3n) is 2.10. The third kappa shape index (κ3) is 4.15. The number of hydrogen-bond donors (Lipinski definition) is 1. The van der Waals surface area contributed by atoms with Gasteiger partial charge < -0.3 is 5.32 Å². The number of nitrogens with one attached hydrogen (secondary N) is 1. The Kier molecular flexibility index (Phi) is 5.59. The van der Waals surface area contributed by atoms with Crippen LogP contribution in [0, 0.1) is 0 Å². The molecular formula is C12H15Cl2N. The van der Waals surface area contributed by atoms with E-state index in [1.165, 1.54) is 11.1 Å². The molecule has 0 saturated carbocycles. The molecule has 1 nitrogen and oxygen atoms in total. The van der Waals surface area contributed by atoms with Crippen LogP contribution in [0.15, 0.2) is 34.8 Å². The monoisotopic (exact) mass is 243 g/mol. The summed E-state index contributed by atoms with van der Waals surface area (Å²) in [5.74, 6) is 0. The van der Waals surface area contributed by atoms with Crippen LogP contribution < -0.4 is 5.32 Å². The molecule has 0 spiro atoms. The van der Waals surface area contributed by atoms with Gasteiger partial charge in [0.1, 0.15) is 0 Å². The second-order valence-corrected chi connectivity index (χ2v) is 4.02. The molecule has 1 rings (SSSR count). The first-order valence-corrected chi connectivity index (χ1v) is 5.86. The van der Waals surface area contributed by atoms with E-state index in [0.717, 1.165) is 18.5 Å². The fourth-order valence-electron chi connectivity index (χ4n) is 1.40. The Labute approximate surface area is 101 Å². The van der Waals surface area contributed by atoms with Crippen molar-refractivity contribution in [1.82, 2.24) is 0 Å². The minimum absolute atomic E-state index is 0.575. The molecule has 15 heavy (non-hydrogen) atoms. The molecule has 82 valence electrons. The van der Waals surface area contributed by atoms with Crippen LogP contribution in [0.25, 0.3) is 0 Å². The number of aryl methyl sites for hydroxylation is 1. The molecule has 0 amide bonds. The van der Waals surface area contributed by atoms with E-state index in [1.807, 2.05) is 6.07 Å². The fourth-order valence-corrected chi connectivity index (χ4v) is 1.54. The number of benzene rings is 1. The van der Waals surface area contributed by atoms with E-state index in [0.29, 0.717) is 11.6 Å². The molecule has 0 aliphatic carbocycles. The zero-order valence-electron chi connectivity index (χ0n) is 8.76. The fraction of sp³-hybridized carbons (Fsp3) is 0.333. The second kappa shape index (κ2) is 6.76. The topological polar surface area (TPSA) is 12.0 Å². The van der Waals surface area contributed by atoms with Crippen LogP contribution in [0.4, 0.5) is 5.69 Å². The zero-order chi connectivity index (χ0) is 11.1. The molecule has 0 aliphatic heterocycles. The quantitative estimate of drug-likeness (QED) is 0.810.